The Hall–Kier alpha value is -4.11. The lowest BCUT2D eigenvalue weighted by atomic mass is 9.94. The first-order chi connectivity index (χ1) is 16.7. The molecule has 1 aliphatic rings. The summed E-state index contributed by atoms with van der Waals surface area (Å²) in [6.07, 6.45) is 0. The summed E-state index contributed by atoms with van der Waals surface area (Å²) in [7, 11) is 2.69. The van der Waals surface area contributed by atoms with Crippen LogP contribution in [0.15, 0.2) is 60.2 Å². The Balaban J connectivity index is 2.01. The van der Waals surface area contributed by atoms with Gasteiger partial charge in [0.1, 0.15) is 11.5 Å². The highest BCUT2D eigenvalue weighted by Crippen LogP contribution is 2.45. The van der Waals surface area contributed by atoms with Gasteiger partial charge in [0, 0.05) is 16.8 Å². The number of phenolic OH excluding ortho intramolecular Hbond substituents is 1. The second-order valence-corrected chi connectivity index (χ2v) is 7.98. The van der Waals surface area contributed by atoms with E-state index in [0.717, 1.165) is 23.1 Å². The summed E-state index contributed by atoms with van der Waals surface area (Å²) >= 11 is 6.08. The normalized spacial score (nSPS) is 17.1. The van der Waals surface area contributed by atoms with E-state index in [1.807, 2.05) is 0 Å². The van der Waals surface area contributed by atoms with Crippen LogP contribution in [-0.4, -0.2) is 36.1 Å². The number of carbonyl (C=O) groups is 2. The minimum atomic E-state index is -1.32. The number of nitrogens with zero attached hydrogens (tertiary/aromatic N) is 1. The number of phenols is 1. The number of amides is 1. The van der Waals surface area contributed by atoms with E-state index >= 15 is 0 Å². The maximum absolute atomic E-state index is 14.1. The van der Waals surface area contributed by atoms with Crippen molar-refractivity contribution >= 4 is 34.7 Å². The van der Waals surface area contributed by atoms with E-state index in [-0.39, 0.29) is 44.7 Å². The lowest BCUT2D eigenvalue weighted by molar-refractivity contribution is -0.132. The number of methoxy groups -OCH3 is 2. The molecule has 1 heterocycles. The predicted octanol–water partition coefficient (Wildman–Crippen LogP) is 4.97. The number of Topliss-reactive ketones (excluding diaryl/α,β-unsaturated/α-hetero) is 1. The molecule has 1 unspecified atom stereocenters. The summed E-state index contributed by atoms with van der Waals surface area (Å²) in [5, 5.41) is 21.8. The number of carbonyl (C=O) groups excluding carboxylic acids is 2. The van der Waals surface area contributed by atoms with Crippen LogP contribution in [0.25, 0.3) is 5.76 Å². The van der Waals surface area contributed by atoms with Crippen LogP contribution < -0.4 is 14.4 Å². The van der Waals surface area contributed by atoms with Crippen LogP contribution in [0.3, 0.4) is 0 Å². The molecule has 0 saturated carbocycles. The Morgan fingerprint density at radius 1 is 0.943 bits per heavy atom. The Labute approximate surface area is 203 Å². The fourth-order valence-electron chi connectivity index (χ4n) is 3.94. The van der Waals surface area contributed by atoms with Gasteiger partial charge in [0.25, 0.3) is 11.7 Å². The molecule has 1 atom stereocenters. The van der Waals surface area contributed by atoms with Gasteiger partial charge in [-0.15, -0.1) is 0 Å². The van der Waals surface area contributed by atoms with Crippen molar-refractivity contribution in [3.05, 3.63) is 88.0 Å². The van der Waals surface area contributed by atoms with Crippen molar-refractivity contribution in [2.75, 3.05) is 19.1 Å². The van der Waals surface area contributed by atoms with Crippen molar-refractivity contribution in [3.8, 4) is 17.2 Å². The van der Waals surface area contributed by atoms with E-state index in [9.17, 15) is 28.6 Å². The highest BCUT2D eigenvalue weighted by molar-refractivity contribution is 6.51. The number of ketones is 1. The zero-order valence-corrected chi connectivity index (χ0v) is 19.1. The van der Waals surface area contributed by atoms with Crippen molar-refractivity contribution in [1.29, 1.82) is 0 Å². The number of halogens is 3. The number of aliphatic hydroxyl groups excluding tert-OH is 1. The Morgan fingerprint density at radius 3 is 2.26 bits per heavy atom. The molecule has 3 aromatic rings. The first-order valence-electron chi connectivity index (χ1n) is 10.1. The van der Waals surface area contributed by atoms with Gasteiger partial charge in [-0.2, -0.15) is 0 Å². The third-order valence-electron chi connectivity index (χ3n) is 5.56. The Morgan fingerprint density at radius 2 is 1.63 bits per heavy atom. The molecule has 0 aromatic heterocycles. The van der Waals surface area contributed by atoms with E-state index in [1.54, 1.807) is 0 Å². The number of aliphatic hydroxyl groups is 1. The molecular formula is C25H18ClF2NO6. The number of rotatable bonds is 5. The number of aromatic hydroxyl groups is 1. The van der Waals surface area contributed by atoms with E-state index in [2.05, 4.69) is 0 Å². The average molecular weight is 502 g/mol. The van der Waals surface area contributed by atoms with Crippen molar-refractivity contribution in [2.24, 2.45) is 0 Å². The standard InChI is InChI=1S/C25H18ClF2NO6/c1-34-19-8-4-13(26)10-15(19)23(31)21-22(12-3-7-20(35-2)18(30)9-12)29(25(33)24(21)32)14-5-6-16(27)17(28)11-14/h3-11,22,30-31H,1-2H3/b23-21+. The number of benzene rings is 3. The average Bonchev–Trinajstić information content (AvgIpc) is 3.10. The zero-order valence-electron chi connectivity index (χ0n) is 18.4. The highest BCUT2D eigenvalue weighted by Gasteiger charge is 2.47. The maximum atomic E-state index is 14.1. The van der Waals surface area contributed by atoms with Crippen molar-refractivity contribution in [1.82, 2.24) is 0 Å². The van der Waals surface area contributed by atoms with Gasteiger partial charge in [-0.05, 0) is 48.0 Å². The van der Waals surface area contributed by atoms with Gasteiger partial charge < -0.3 is 19.7 Å². The van der Waals surface area contributed by atoms with E-state index in [1.165, 1.54) is 50.6 Å². The molecule has 2 N–H and O–H groups in total. The second kappa shape index (κ2) is 9.27. The molecule has 0 spiro atoms. The van der Waals surface area contributed by atoms with Crippen LogP contribution in [0, 0.1) is 11.6 Å². The van der Waals surface area contributed by atoms with Crippen LogP contribution >= 0.6 is 11.6 Å². The molecule has 1 aliphatic heterocycles. The molecule has 1 saturated heterocycles. The van der Waals surface area contributed by atoms with Crippen LogP contribution in [-0.2, 0) is 9.59 Å². The van der Waals surface area contributed by atoms with Crippen molar-refractivity contribution in [2.45, 2.75) is 6.04 Å². The van der Waals surface area contributed by atoms with Gasteiger partial charge in [0.15, 0.2) is 23.1 Å². The Kier molecular flexibility index (Phi) is 6.36. The van der Waals surface area contributed by atoms with Crippen molar-refractivity contribution < 1.29 is 38.1 Å². The molecule has 4 rings (SSSR count). The zero-order chi connectivity index (χ0) is 25.4. The van der Waals surface area contributed by atoms with Crippen LogP contribution in [0.4, 0.5) is 14.5 Å². The Bertz CT molecular complexity index is 1390. The third kappa shape index (κ3) is 4.15. The summed E-state index contributed by atoms with van der Waals surface area (Å²) in [6, 6.07) is 9.81. The van der Waals surface area contributed by atoms with Gasteiger partial charge in [0.05, 0.1) is 31.4 Å². The fourth-order valence-corrected chi connectivity index (χ4v) is 4.11. The van der Waals surface area contributed by atoms with Gasteiger partial charge >= 0.3 is 0 Å². The highest BCUT2D eigenvalue weighted by atomic mass is 35.5. The van der Waals surface area contributed by atoms with Crippen LogP contribution in [0.1, 0.15) is 17.2 Å². The largest absolute Gasteiger partial charge is 0.507 e. The van der Waals surface area contributed by atoms with Crippen LogP contribution in [0.2, 0.25) is 5.02 Å². The van der Waals surface area contributed by atoms with Gasteiger partial charge in [-0.1, -0.05) is 17.7 Å². The lowest BCUT2D eigenvalue weighted by Crippen LogP contribution is -2.29. The predicted molar refractivity (Wildman–Crippen MR) is 124 cm³/mol. The smallest absolute Gasteiger partial charge is 0.300 e. The molecule has 35 heavy (non-hydrogen) atoms. The fraction of sp³-hybridized carbons (Fsp3) is 0.120. The molecule has 7 nitrogen and oxygen atoms in total. The third-order valence-corrected chi connectivity index (χ3v) is 5.80. The molecule has 1 fully saturated rings. The first kappa shape index (κ1) is 24.0. The van der Waals surface area contributed by atoms with E-state index < -0.39 is 35.1 Å². The molecule has 180 valence electrons. The van der Waals surface area contributed by atoms with Gasteiger partial charge in [-0.3, -0.25) is 14.5 Å². The molecule has 1 amide bonds. The SMILES string of the molecule is COc1ccc(C2/C(=C(\O)c3cc(Cl)ccc3OC)C(=O)C(=O)N2c2ccc(F)c(F)c2)cc1O. The summed E-state index contributed by atoms with van der Waals surface area (Å²) < 4.78 is 38.0. The molecule has 0 aliphatic carbocycles. The van der Waals surface area contributed by atoms with Crippen LogP contribution in [0.5, 0.6) is 17.2 Å². The summed E-state index contributed by atoms with van der Waals surface area (Å²) in [5.74, 6) is -5.19. The quantitative estimate of drug-likeness (QED) is 0.291. The minimum Gasteiger partial charge on any atom is -0.507 e. The molecule has 10 heteroatoms. The molecule has 3 aromatic carbocycles. The van der Waals surface area contributed by atoms with E-state index in [0.29, 0.717) is 0 Å². The number of hydrogen-bond donors (Lipinski definition) is 2. The molecule has 0 bridgehead atoms. The lowest BCUT2D eigenvalue weighted by Gasteiger charge is -2.26. The van der Waals surface area contributed by atoms with E-state index in [4.69, 9.17) is 21.1 Å². The van der Waals surface area contributed by atoms with Gasteiger partial charge in [-0.25, -0.2) is 8.78 Å². The second-order valence-electron chi connectivity index (χ2n) is 7.54. The summed E-state index contributed by atoms with van der Waals surface area (Å²) in [6.45, 7) is 0. The minimum absolute atomic E-state index is 0.0334. The van der Waals surface area contributed by atoms with Crippen molar-refractivity contribution in [3.63, 3.8) is 0 Å². The number of hydrogen-bond acceptors (Lipinski definition) is 6. The number of anilines is 1. The number of ether oxygens (including phenoxy) is 2. The monoisotopic (exact) mass is 501 g/mol. The first-order valence-corrected chi connectivity index (χ1v) is 10.5. The molecular weight excluding hydrogens is 484 g/mol. The van der Waals surface area contributed by atoms with Gasteiger partial charge in [0.2, 0.25) is 0 Å². The summed E-state index contributed by atoms with van der Waals surface area (Å²) in [5.41, 5.74) is -0.283. The maximum Gasteiger partial charge on any atom is 0.300 e. The molecule has 0 radical (unpaired) electrons. The topological polar surface area (TPSA) is 96.3 Å². The summed E-state index contributed by atoms with van der Waals surface area (Å²) in [4.78, 5) is 27.2.